The van der Waals surface area contributed by atoms with E-state index in [1.165, 1.54) is 29.2 Å². The van der Waals surface area contributed by atoms with Crippen molar-refractivity contribution in [3.63, 3.8) is 0 Å². The number of likely N-dealkylation sites (N-methyl/N-ethyl adjacent to an activating group) is 1. The second-order valence-electron chi connectivity index (χ2n) is 8.57. The van der Waals surface area contributed by atoms with Crippen molar-refractivity contribution in [1.82, 2.24) is 9.80 Å². The van der Waals surface area contributed by atoms with Crippen LogP contribution in [0.3, 0.4) is 0 Å². The van der Waals surface area contributed by atoms with Gasteiger partial charge in [-0.15, -0.1) is 0 Å². The first-order valence-corrected chi connectivity index (χ1v) is 10.5. The molecule has 2 aliphatic rings. The number of carbonyl (C=O) groups excluding carboxylic acids is 3. The summed E-state index contributed by atoms with van der Waals surface area (Å²) in [6.07, 6.45) is -4.48. The van der Waals surface area contributed by atoms with Gasteiger partial charge in [-0.05, 0) is 35.4 Å². The van der Waals surface area contributed by atoms with Gasteiger partial charge in [0, 0.05) is 13.1 Å². The van der Waals surface area contributed by atoms with Crippen LogP contribution in [-0.2, 0) is 15.8 Å². The summed E-state index contributed by atoms with van der Waals surface area (Å²) in [5.41, 5.74) is 0.469. The number of rotatable bonds is 3. The minimum Gasteiger partial charge on any atom is -0.333 e. The average molecular weight is 461 g/mol. The zero-order valence-electron chi connectivity index (χ0n) is 18.2. The fourth-order valence-electron chi connectivity index (χ4n) is 4.15. The first-order chi connectivity index (χ1) is 15.5. The molecule has 2 N–H and O–H groups in total. The molecule has 33 heavy (non-hydrogen) atoms. The van der Waals surface area contributed by atoms with Crippen LogP contribution >= 0.6 is 0 Å². The zero-order valence-corrected chi connectivity index (χ0v) is 18.2. The van der Waals surface area contributed by atoms with Crippen LogP contribution in [0, 0.1) is 0 Å². The quantitative estimate of drug-likeness (QED) is 0.720. The molecule has 1 fully saturated rings. The molecule has 0 aliphatic carbocycles. The minimum atomic E-state index is -4.48. The van der Waals surface area contributed by atoms with Crippen molar-refractivity contribution in [2.24, 2.45) is 0 Å². The Hall–Kier alpha value is -3.40. The summed E-state index contributed by atoms with van der Waals surface area (Å²) in [4.78, 5) is 42.7. The third kappa shape index (κ3) is 4.56. The van der Waals surface area contributed by atoms with Gasteiger partial charge in [0.15, 0.2) is 6.54 Å². The fraction of sp³-hybridized carbons (Fsp3) is 0.348. The Balaban J connectivity index is 1.63. The molecule has 2 aliphatic heterocycles. The highest BCUT2D eigenvalue weighted by Crippen LogP contribution is 2.34. The lowest BCUT2D eigenvalue weighted by Crippen LogP contribution is -3.07. The number of piperazine rings is 1. The van der Waals surface area contributed by atoms with Crippen LogP contribution in [0.15, 0.2) is 42.5 Å². The molecule has 10 heteroatoms. The molecule has 2 heterocycles. The van der Waals surface area contributed by atoms with E-state index in [0.717, 1.165) is 17.0 Å². The third-order valence-corrected chi connectivity index (χ3v) is 5.83. The highest BCUT2D eigenvalue weighted by atomic mass is 19.4. The van der Waals surface area contributed by atoms with Gasteiger partial charge in [-0.3, -0.25) is 14.4 Å². The largest absolute Gasteiger partial charge is 0.416 e. The number of halogens is 3. The number of fused-ring (bicyclic) bond motifs is 2. The average Bonchev–Trinajstić information content (AvgIpc) is 2.87. The Morgan fingerprint density at radius 2 is 1.82 bits per heavy atom. The number of nitrogens with zero attached hydrogens (tertiary/aromatic N) is 2. The Morgan fingerprint density at radius 1 is 1.09 bits per heavy atom. The van der Waals surface area contributed by atoms with Crippen molar-refractivity contribution in [3.05, 3.63) is 53.6 Å². The van der Waals surface area contributed by atoms with Crippen molar-refractivity contribution < 1.29 is 32.5 Å². The van der Waals surface area contributed by atoms with Crippen molar-refractivity contribution >= 4 is 23.4 Å². The minimum absolute atomic E-state index is 0.0940. The summed E-state index contributed by atoms with van der Waals surface area (Å²) in [5, 5.41) is 2.74. The van der Waals surface area contributed by atoms with Crippen molar-refractivity contribution in [1.29, 1.82) is 0 Å². The van der Waals surface area contributed by atoms with Gasteiger partial charge in [0.05, 0.1) is 37.5 Å². The van der Waals surface area contributed by atoms with Crippen molar-refractivity contribution in [2.75, 3.05) is 45.6 Å². The number of hydrogen-bond acceptors (Lipinski definition) is 3. The molecule has 174 valence electrons. The van der Waals surface area contributed by atoms with E-state index in [0.29, 0.717) is 23.4 Å². The summed E-state index contributed by atoms with van der Waals surface area (Å²) in [7, 11) is 3.71. The Bertz CT molecular complexity index is 1120. The number of amides is 3. The van der Waals surface area contributed by atoms with E-state index in [1.807, 2.05) is 14.1 Å². The lowest BCUT2D eigenvalue weighted by molar-refractivity contribution is -0.849. The van der Waals surface area contributed by atoms with Crippen LogP contribution < -0.4 is 10.2 Å². The second-order valence-corrected chi connectivity index (χ2v) is 8.57. The molecule has 7 nitrogen and oxygen atoms in total. The molecule has 0 radical (unpaired) electrons. The predicted molar refractivity (Wildman–Crippen MR) is 115 cm³/mol. The summed E-state index contributed by atoms with van der Waals surface area (Å²) in [6, 6.07) is 8.63. The van der Waals surface area contributed by atoms with Gasteiger partial charge in [0.1, 0.15) is 6.04 Å². The summed E-state index contributed by atoms with van der Waals surface area (Å²) in [6.45, 7) is 0.879. The molecular weight excluding hydrogens is 437 g/mol. The molecular formula is C23H24F3N4O3+. The van der Waals surface area contributed by atoms with Crippen LogP contribution in [0.5, 0.6) is 0 Å². The number of nitrogens with one attached hydrogen (secondary N) is 2. The normalized spacial score (nSPS) is 18.5. The molecule has 4 rings (SSSR count). The molecule has 0 bridgehead atoms. The van der Waals surface area contributed by atoms with E-state index in [1.54, 1.807) is 11.0 Å². The van der Waals surface area contributed by atoms with E-state index >= 15 is 0 Å². The van der Waals surface area contributed by atoms with Crippen LogP contribution in [0.4, 0.5) is 18.9 Å². The number of benzene rings is 2. The SMILES string of the molecule is C[NH+](C)CC(=O)N1CCN2C(=O)c3cc(-c4cccc(C(F)(F)F)c4)ccc3NC(=O)[C@H]2C1. The number of quaternary nitrogens is 1. The van der Waals surface area contributed by atoms with E-state index in [9.17, 15) is 27.6 Å². The molecule has 2 aromatic carbocycles. The van der Waals surface area contributed by atoms with E-state index < -0.39 is 29.6 Å². The molecule has 0 unspecified atom stereocenters. The van der Waals surface area contributed by atoms with Crippen LogP contribution in [0.25, 0.3) is 11.1 Å². The highest BCUT2D eigenvalue weighted by Gasteiger charge is 2.40. The van der Waals surface area contributed by atoms with Gasteiger partial charge in [-0.1, -0.05) is 18.2 Å². The van der Waals surface area contributed by atoms with E-state index in [4.69, 9.17) is 0 Å². The maximum Gasteiger partial charge on any atom is 0.416 e. The molecule has 0 aromatic heterocycles. The Morgan fingerprint density at radius 3 is 2.52 bits per heavy atom. The summed E-state index contributed by atoms with van der Waals surface area (Å²) >= 11 is 0. The smallest absolute Gasteiger partial charge is 0.333 e. The standard InChI is InChI=1S/C23H23F3N4O3/c1-28(2)13-20(31)29-8-9-30-19(12-29)21(32)27-18-7-6-15(11-17(18)22(30)33)14-4-3-5-16(10-14)23(24,25)26/h3-7,10-11,19H,8-9,12-13H2,1-2H3,(H,27,32)/p+1/t19-/m1/s1. The van der Waals surface area contributed by atoms with Crippen LogP contribution in [0.2, 0.25) is 0 Å². The van der Waals surface area contributed by atoms with Gasteiger partial charge < -0.3 is 20.0 Å². The molecule has 1 saturated heterocycles. The Kier molecular flexibility index (Phi) is 5.87. The van der Waals surface area contributed by atoms with Crippen molar-refractivity contribution in [2.45, 2.75) is 12.2 Å². The fourth-order valence-corrected chi connectivity index (χ4v) is 4.15. The molecule has 3 amide bonds. The first kappa shape index (κ1) is 22.8. The van der Waals surface area contributed by atoms with Crippen LogP contribution in [0.1, 0.15) is 15.9 Å². The lowest BCUT2D eigenvalue weighted by atomic mass is 9.99. The lowest BCUT2D eigenvalue weighted by Gasteiger charge is -2.39. The van der Waals surface area contributed by atoms with Crippen molar-refractivity contribution in [3.8, 4) is 11.1 Å². The first-order valence-electron chi connectivity index (χ1n) is 10.5. The molecule has 2 aromatic rings. The predicted octanol–water partition coefficient (Wildman–Crippen LogP) is 1.12. The maximum atomic E-state index is 13.3. The highest BCUT2D eigenvalue weighted by molar-refractivity contribution is 6.10. The molecule has 0 spiro atoms. The van der Waals surface area contributed by atoms with Gasteiger partial charge in [0.25, 0.3) is 11.8 Å². The number of alkyl halides is 3. The summed E-state index contributed by atoms with van der Waals surface area (Å²) < 4.78 is 39.4. The number of carbonyl (C=O) groups is 3. The van der Waals surface area contributed by atoms with E-state index in [2.05, 4.69) is 5.32 Å². The molecule has 1 atom stereocenters. The molecule has 0 saturated carbocycles. The number of anilines is 1. The van der Waals surface area contributed by atoms with Gasteiger partial charge >= 0.3 is 6.18 Å². The monoisotopic (exact) mass is 461 g/mol. The van der Waals surface area contributed by atoms with Gasteiger partial charge in [-0.2, -0.15) is 13.2 Å². The van der Waals surface area contributed by atoms with E-state index in [-0.39, 0.29) is 31.1 Å². The zero-order chi connectivity index (χ0) is 23.9. The maximum absolute atomic E-state index is 13.3. The summed E-state index contributed by atoms with van der Waals surface area (Å²) in [5.74, 6) is -0.889. The van der Waals surface area contributed by atoms with Gasteiger partial charge in [0.2, 0.25) is 5.91 Å². The topological polar surface area (TPSA) is 74.2 Å². The third-order valence-electron chi connectivity index (χ3n) is 5.83. The second kappa shape index (κ2) is 8.51. The van der Waals surface area contributed by atoms with Crippen LogP contribution in [-0.4, -0.2) is 73.8 Å². The Labute approximate surface area is 188 Å². The van der Waals surface area contributed by atoms with Gasteiger partial charge in [-0.25, -0.2) is 0 Å². The number of hydrogen-bond donors (Lipinski definition) is 2.